The van der Waals surface area contributed by atoms with Gasteiger partial charge in [-0.15, -0.1) is 21.5 Å². The molecule has 3 aromatic rings. The van der Waals surface area contributed by atoms with E-state index in [1.165, 1.54) is 16.2 Å². The van der Waals surface area contributed by atoms with Gasteiger partial charge in [0, 0.05) is 10.4 Å². The van der Waals surface area contributed by atoms with Crippen LogP contribution >= 0.6 is 34.3 Å². The molecule has 0 aliphatic carbocycles. The number of benzene rings is 1. The minimum Gasteiger partial charge on any atom is -0.353 e. The van der Waals surface area contributed by atoms with Gasteiger partial charge in [0.25, 0.3) is 0 Å². The summed E-state index contributed by atoms with van der Waals surface area (Å²) >= 11 is 9.42. The minimum atomic E-state index is 0.224. The van der Waals surface area contributed by atoms with Crippen molar-refractivity contribution < 1.29 is 0 Å². The van der Waals surface area contributed by atoms with Gasteiger partial charge in [-0.2, -0.15) is 0 Å². The van der Waals surface area contributed by atoms with Crippen molar-refractivity contribution in [1.82, 2.24) is 10.2 Å². The van der Waals surface area contributed by atoms with E-state index in [0.29, 0.717) is 5.02 Å². The molecule has 0 saturated carbocycles. The Hall–Kier alpha value is -1.43. The van der Waals surface area contributed by atoms with Crippen LogP contribution in [0, 0.1) is 0 Å². The number of hydrogen-bond donors (Lipinski definition) is 1. The van der Waals surface area contributed by atoms with Crippen LogP contribution in [0.2, 0.25) is 5.02 Å². The van der Waals surface area contributed by atoms with E-state index in [1.807, 2.05) is 30.3 Å². The summed E-state index contributed by atoms with van der Waals surface area (Å²) in [7, 11) is 0. The molecule has 102 valence electrons. The van der Waals surface area contributed by atoms with Crippen LogP contribution in [-0.4, -0.2) is 10.2 Å². The zero-order chi connectivity index (χ0) is 13.9. The minimum absolute atomic E-state index is 0.224. The van der Waals surface area contributed by atoms with Crippen molar-refractivity contribution in [3.63, 3.8) is 0 Å². The first kappa shape index (κ1) is 13.5. The van der Waals surface area contributed by atoms with Crippen LogP contribution in [0.3, 0.4) is 0 Å². The van der Waals surface area contributed by atoms with E-state index < -0.39 is 0 Å². The normalized spacial score (nSPS) is 12.3. The second kappa shape index (κ2) is 5.91. The van der Waals surface area contributed by atoms with Gasteiger partial charge in [-0.05, 0) is 24.4 Å². The van der Waals surface area contributed by atoms with Crippen molar-refractivity contribution in [1.29, 1.82) is 0 Å². The molecule has 2 aromatic heterocycles. The smallest absolute Gasteiger partial charge is 0.206 e. The van der Waals surface area contributed by atoms with Crippen LogP contribution in [0.15, 0.2) is 41.8 Å². The monoisotopic (exact) mass is 321 g/mol. The van der Waals surface area contributed by atoms with Gasteiger partial charge in [0.15, 0.2) is 5.01 Å². The van der Waals surface area contributed by atoms with E-state index >= 15 is 0 Å². The third kappa shape index (κ3) is 2.85. The summed E-state index contributed by atoms with van der Waals surface area (Å²) in [4.78, 5) is 1.28. The van der Waals surface area contributed by atoms with E-state index in [4.69, 9.17) is 11.6 Å². The van der Waals surface area contributed by atoms with Crippen LogP contribution in [0.4, 0.5) is 5.13 Å². The van der Waals surface area contributed by atoms with E-state index in [-0.39, 0.29) is 6.04 Å². The Morgan fingerprint density at radius 2 is 2.00 bits per heavy atom. The summed E-state index contributed by atoms with van der Waals surface area (Å²) in [5, 5.41) is 16.2. The fourth-order valence-corrected chi connectivity index (χ4v) is 3.70. The highest BCUT2D eigenvalue weighted by molar-refractivity contribution is 7.18. The molecule has 0 bridgehead atoms. The van der Waals surface area contributed by atoms with Gasteiger partial charge in [0.2, 0.25) is 5.13 Å². The molecule has 1 atom stereocenters. The van der Waals surface area contributed by atoms with Crippen LogP contribution < -0.4 is 5.32 Å². The fourth-order valence-electron chi connectivity index (χ4n) is 1.82. The highest BCUT2D eigenvalue weighted by Crippen LogP contribution is 2.33. The Kier molecular flexibility index (Phi) is 4.00. The Balaban J connectivity index is 1.79. The van der Waals surface area contributed by atoms with Crippen molar-refractivity contribution in [2.75, 3.05) is 5.32 Å². The molecule has 2 heterocycles. The fraction of sp³-hybridized carbons (Fsp3) is 0.143. The topological polar surface area (TPSA) is 37.8 Å². The van der Waals surface area contributed by atoms with Crippen molar-refractivity contribution in [3.05, 3.63) is 51.7 Å². The van der Waals surface area contributed by atoms with Gasteiger partial charge in [-0.25, -0.2) is 0 Å². The van der Waals surface area contributed by atoms with Crippen molar-refractivity contribution in [2.45, 2.75) is 13.0 Å². The lowest BCUT2D eigenvalue weighted by Crippen LogP contribution is -2.04. The number of rotatable bonds is 4. The first-order chi connectivity index (χ1) is 9.74. The summed E-state index contributed by atoms with van der Waals surface area (Å²) < 4.78 is 0. The number of halogens is 1. The molecule has 0 amide bonds. The Morgan fingerprint density at radius 1 is 1.15 bits per heavy atom. The van der Waals surface area contributed by atoms with Gasteiger partial charge >= 0.3 is 0 Å². The van der Waals surface area contributed by atoms with Crippen molar-refractivity contribution in [3.8, 4) is 10.6 Å². The Morgan fingerprint density at radius 3 is 2.75 bits per heavy atom. The molecule has 0 spiro atoms. The summed E-state index contributed by atoms with van der Waals surface area (Å²) in [6, 6.07) is 12.1. The molecule has 3 rings (SSSR count). The summed E-state index contributed by atoms with van der Waals surface area (Å²) in [6.45, 7) is 2.11. The number of nitrogens with one attached hydrogen (secondary N) is 1. The molecule has 0 aliphatic heterocycles. The first-order valence-corrected chi connectivity index (χ1v) is 8.20. The molecule has 0 aliphatic rings. The predicted octanol–water partition coefficient (Wildman–Crippen LogP) is 5.09. The van der Waals surface area contributed by atoms with E-state index in [9.17, 15) is 0 Å². The molecular formula is C14H12ClN3S2. The molecule has 3 nitrogen and oxygen atoms in total. The van der Waals surface area contributed by atoms with Gasteiger partial charge < -0.3 is 5.32 Å². The quantitative estimate of drug-likeness (QED) is 0.727. The third-order valence-corrected chi connectivity index (χ3v) is 5.11. The number of hydrogen-bond acceptors (Lipinski definition) is 5. The van der Waals surface area contributed by atoms with Crippen LogP contribution in [0.25, 0.3) is 10.6 Å². The summed E-state index contributed by atoms with van der Waals surface area (Å²) in [5.41, 5.74) is 0.920. The van der Waals surface area contributed by atoms with Crippen LogP contribution in [-0.2, 0) is 0 Å². The van der Waals surface area contributed by atoms with E-state index in [1.54, 1.807) is 11.3 Å². The number of aromatic nitrogens is 2. The van der Waals surface area contributed by atoms with Crippen molar-refractivity contribution >= 4 is 39.4 Å². The van der Waals surface area contributed by atoms with E-state index in [0.717, 1.165) is 15.7 Å². The standard InChI is InChI=1S/C14H12ClN3S2/c1-9(12-7-4-8-19-12)16-14-18-17-13(20-14)10-5-2-3-6-11(10)15/h2-9H,1H3,(H,16,18). The molecule has 20 heavy (non-hydrogen) atoms. The highest BCUT2D eigenvalue weighted by Gasteiger charge is 2.12. The average molecular weight is 322 g/mol. The largest absolute Gasteiger partial charge is 0.353 e. The first-order valence-electron chi connectivity index (χ1n) is 6.12. The van der Waals surface area contributed by atoms with Gasteiger partial charge in [0.1, 0.15) is 0 Å². The number of anilines is 1. The summed E-state index contributed by atoms with van der Waals surface area (Å²) in [6.07, 6.45) is 0. The van der Waals surface area contributed by atoms with E-state index in [2.05, 4.69) is 33.9 Å². The second-order valence-corrected chi connectivity index (χ2v) is 6.64. The Labute approximate surface area is 130 Å². The Bertz CT molecular complexity index is 694. The molecule has 1 unspecified atom stereocenters. The van der Waals surface area contributed by atoms with Crippen LogP contribution in [0.5, 0.6) is 0 Å². The molecule has 0 fully saturated rings. The maximum absolute atomic E-state index is 6.18. The zero-order valence-corrected chi connectivity index (χ0v) is 13.1. The highest BCUT2D eigenvalue weighted by atomic mass is 35.5. The molecule has 0 saturated heterocycles. The predicted molar refractivity (Wildman–Crippen MR) is 86.7 cm³/mol. The SMILES string of the molecule is CC(Nc1nnc(-c2ccccc2Cl)s1)c1cccs1. The lowest BCUT2D eigenvalue weighted by molar-refractivity contribution is 0.895. The molecule has 6 heteroatoms. The van der Waals surface area contributed by atoms with Gasteiger partial charge in [0.05, 0.1) is 11.1 Å². The third-order valence-electron chi connectivity index (χ3n) is 2.84. The maximum Gasteiger partial charge on any atom is 0.206 e. The summed E-state index contributed by atoms with van der Waals surface area (Å²) in [5.74, 6) is 0. The lowest BCUT2D eigenvalue weighted by Gasteiger charge is -2.09. The molecule has 0 radical (unpaired) electrons. The average Bonchev–Trinajstić information content (AvgIpc) is 3.10. The van der Waals surface area contributed by atoms with Crippen LogP contribution in [0.1, 0.15) is 17.8 Å². The van der Waals surface area contributed by atoms with Gasteiger partial charge in [-0.3, -0.25) is 0 Å². The van der Waals surface area contributed by atoms with Crippen molar-refractivity contribution in [2.24, 2.45) is 0 Å². The number of nitrogens with zero attached hydrogens (tertiary/aromatic N) is 2. The molecular weight excluding hydrogens is 310 g/mol. The zero-order valence-electron chi connectivity index (χ0n) is 10.7. The lowest BCUT2D eigenvalue weighted by atomic mass is 10.2. The molecule has 1 aromatic carbocycles. The van der Waals surface area contributed by atoms with Gasteiger partial charge in [-0.1, -0.05) is 47.2 Å². The maximum atomic E-state index is 6.18. The second-order valence-electron chi connectivity index (χ2n) is 4.27. The molecule has 1 N–H and O–H groups in total. The number of thiophene rings is 1.